The molecule has 0 bridgehead atoms. The Bertz CT molecular complexity index is 217. The van der Waals surface area contributed by atoms with Crippen LogP contribution in [0.4, 0.5) is 0 Å². The molecule has 1 heterocycles. The molecular weight excluding hydrogens is 176 g/mol. The lowest BCUT2D eigenvalue weighted by Crippen LogP contribution is -2.38. The van der Waals surface area contributed by atoms with Gasteiger partial charge in [0.25, 0.3) is 0 Å². The van der Waals surface area contributed by atoms with Crippen LogP contribution < -0.4 is 0 Å². The van der Waals surface area contributed by atoms with Gasteiger partial charge in [-0.15, -0.1) is 0 Å². The second kappa shape index (κ2) is 4.30. The summed E-state index contributed by atoms with van der Waals surface area (Å²) >= 11 is 0. The molecular formula is C11H22N2O. The van der Waals surface area contributed by atoms with Gasteiger partial charge in [-0.3, -0.25) is 4.79 Å². The van der Waals surface area contributed by atoms with Gasteiger partial charge in [-0.2, -0.15) is 0 Å². The van der Waals surface area contributed by atoms with Crippen LogP contribution in [0, 0.1) is 5.41 Å². The molecule has 0 aromatic carbocycles. The van der Waals surface area contributed by atoms with Gasteiger partial charge in [0.05, 0.1) is 0 Å². The SMILES string of the molecule is CCN1CCC(C)(CN(C)C(C)=O)C1. The van der Waals surface area contributed by atoms with Crippen LogP contribution >= 0.6 is 0 Å². The smallest absolute Gasteiger partial charge is 0.219 e. The van der Waals surface area contributed by atoms with Crippen molar-refractivity contribution in [2.24, 2.45) is 5.41 Å². The molecule has 1 atom stereocenters. The maximum Gasteiger partial charge on any atom is 0.219 e. The van der Waals surface area contributed by atoms with Crippen molar-refractivity contribution in [1.82, 2.24) is 9.80 Å². The van der Waals surface area contributed by atoms with E-state index in [4.69, 9.17) is 0 Å². The summed E-state index contributed by atoms with van der Waals surface area (Å²) in [6, 6.07) is 0. The molecule has 1 unspecified atom stereocenters. The Balaban J connectivity index is 2.48. The summed E-state index contributed by atoms with van der Waals surface area (Å²) in [6.45, 7) is 10.4. The number of rotatable bonds is 3. The quantitative estimate of drug-likeness (QED) is 0.680. The van der Waals surface area contributed by atoms with Gasteiger partial charge in [-0.05, 0) is 24.9 Å². The number of likely N-dealkylation sites (tertiary alicyclic amines) is 1. The average molecular weight is 198 g/mol. The lowest BCUT2D eigenvalue weighted by molar-refractivity contribution is -0.128. The van der Waals surface area contributed by atoms with Crippen LogP contribution in [0.1, 0.15) is 27.2 Å². The van der Waals surface area contributed by atoms with Crippen molar-refractivity contribution in [3.8, 4) is 0 Å². The number of hydrogen-bond acceptors (Lipinski definition) is 2. The average Bonchev–Trinajstić information content (AvgIpc) is 2.47. The molecule has 1 aliphatic heterocycles. The second-order valence-electron chi connectivity index (χ2n) is 4.80. The van der Waals surface area contributed by atoms with E-state index >= 15 is 0 Å². The summed E-state index contributed by atoms with van der Waals surface area (Å²) in [6.07, 6.45) is 1.21. The first kappa shape index (κ1) is 11.5. The van der Waals surface area contributed by atoms with Gasteiger partial charge in [0.2, 0.25) is 5.91 Å². The van der Waals surface area contributed by atoms with Crippen molar-refractivity contribution in [3.63, 3.8) is 0 Å². The largest absolute Gasteiger partial charge is 0.345 e. The highest BCUT2D eigenvalue weighted by atomic mass is 16.2. The van der Waals surface area contributed by atoms with Crippen molar-refractivity contribution >= 4 is 5.91 Å². The highest BCUT2D eigenvalue weighted by Crippen LogP contribution is 2.30. The van der Waals surface area contributed by atoms with Crippen LogP contribution in [0.25, 0.3) is 0 Å². The van der Waals surface area contributed by atoms with E-state index in [-0.39, 0.29) is 5.91 Å². The third-order valence-corrected chi connectivity index (χ3v) is 3.24. The van der Waals surface area contributed by atoms with Gasteiger partial charge in [0.15, 0.2) is 0 Å². The molecule has 1 rings (SSSR count). The Morgan fingerprint density at radius 3 is 2.64 bits per heavy atom. The standard InChI is InChI=1S/C11H22N2O/c1-5-13-7-6-11(3,9-13)8-12(4)10(2)14/h5-9H2,1-4H3. The second-order valence-corrected chi connectivity index (χ2v) is 4.80. The number of carbonyl (C=O) groups excluding carboxylic acids is 1. The fraction of sp³-hybridized carbons (Fsp3) is 0.909. The van der Waals surface area contributed by atoms with Crippen LogP contribution in [0.15, 0.2) is 0 Å². The molecule has 3 heteroatoms. The van der Waals surface area contributed by atoms with Gasteiger partial charge < -0.3 is 9.80 Å². The zero-order chi connectivity index (χ0) is 10.8. The van der Waals surface area contributed by atoms with E-state index in [1.54, 1.807) is 6.92 Å². The zero-order valence-corrected chi connectivity index (χ0v) is 9.84. The molecule has 82 valence electrons. The Hall–Kier alpha value is -0.570. The Morgan fingerprint density at radius 1 is 1.57 bits per heavy atom. The molecule has 1 aliphatic rings. The topological polar surface area (TPSA) is 23.6 Å². The summed E-state index contributed by atoms with van der Waals surface area (Å²) in [5, 5.41) is 0. The lowest BCUT2D eigenvalue weighted by Gasteiger charge is -2.29. The number of hydrogen-bond donors (Lipinski definition) is 0. The first-order valence-electron chi connectivity index (χ1n) is 5.41. The lowest BCUT2D eigenvalue weighted by atomic mass is 9.89. The first-order valence-corrected chi connectivity index (χ1v) is 5.41. The molecule has 14 heavy (non-hydrogen) atoms. The maximum atomic E-state index is 11.1. The summed E-state index contributed by atoms with van der Waals surface area (Å²) in [7, 11) is 1.89. The highest BCUT2D eigenvalue weighted by Gasteiger charge is 2.34. The molecule has 3 nitrogen and oxygen atoms in total. The molecule has 0 radical (unpaired) electrons. The highest BCUT2D eigenvalue weighted by molar-refractivity contribution is 5.72. The molecule has 1 amide bonds. The van der Waals surface area contributed by atoms with E-state index in [1.807, 2.05) is 11.9 Å². The van der Waals surface area contributed by atoms with Crippen molar-refractivity contribution in [2.45, 2.75) is 27.2 Å². The molecule has 0 saturated carbocycles. The predicted molar refractivity (Wildman–Crippen MR) is 58.1 cm³/mol. The van der Waals surface area contributed by atoms with Crippen LogP contribution in [-0.2, 0) is 4.79 Å². The molecule has 0 aromatic rings. The zero-order valence-electron chi connectivity index (χ0n) is 9.84. The summed E-state index contributed by atoms with van der Waals surface area (Å²) in [5.41, 5.74) is 0.302. The minimum Gasteiger partial charge on any atom is -0.345 e. The molecule has 0 aromatic heterocycles. The minimum atomic E-state index is 0.168. The predicted octanol–water partition coefficient (Wildman–Crippen LogP) is 1.20. The van der Waals surface area contributed by atoms with Crippen LogP contribution in [0.5, 0.6) is 0 Å². The number of amides is 1. The molecule has 1 saturated heterocycles. The van der Waals surface area contributed by atoms with Crippen LogP contribution in [-0.4, -0.2) is 48.9 Å². The maximum absolute atomic E-state index is 11.1. The third-order valence-electron chi connectivity index (χ3n) is 3.24. The molecule has 0 N–H and O–H groups in total. The van der Waals surface area contributed by atoms with E-state index in [0.29, 0.717) is 5.41 Å². The normalized spacial score (nSPS) is 28.0. The third kappa shape index (κ3) is 2.71. The van der Waals surface area contributed by atoms with Crippen molar-refractivity contribution < 1.29 is 4.79 Å². The Labute approximate surface area is 87.1 Å². The van der Waals surface area contributed by atoms with Crippen LogP contribution in [0.3, 0.4) is 0 Å². The molecule has 1 fully saturated rings. The van der Waals surface area contributed by atoms with Gasteiger partial charge in [-0.1, -0.05) is 13.8 Å². The monoisotopic (exact) mass is 198 g/mol. The van der Waals surface area contributed by atoms with Crippen LogP contribution in [0.2, 0.25) is 0 Å². The molecule has 0 aliphatic carbocycles. The number of nitrogens with zero attached hydrogens (tertiary/aromatic N) is 2. The molecule has 0 spiro atoms. The first-order chi connectivity index (χ1) is 6.47. The Kier molecular flexibility index (Phi) is 3.53. The van der Waals surface area contributed by atoms with E-state index in [1.165, 1.54) is 13.0 Å². The van der Waals surface area contributed by atoms with Crippen molar-refractivity contribution in [2.75, 3.05) is 33.2 Å². The van der Waals surface area contributed by atoms with E-state index < -0.39 is 0 Å². The fourth-order valence-electron chi connectivity index (χ4n) is 2.21. The van der Waals surface area contributed by atoms with Crippen molar-refractivity contribution in [3.05, 3.63) is 0 Å². The van der Waals surface area contributed by atoms with E-state index in [2.05, 4.69) is 18.7 Å². The van der Waals surface area contributed by atoms with Gasteiger partial charge in [-0.25, -0.2) is 0 Å². The van der Waals surface area contributed by atoms with Crippen molar-refractivity contribution in [1.29, 1.82) is 0 Å². The van der Waals surface area contributed by atoms with Gasteiger partial charge >= 0.3 is 0 Å². The summed E-state index contributed by atoms with van der Waals surface area (Å²) < 4.78 is 0. The summed E-state index contributed by atoms with van der Waals surface area (Å²) in [5.74, 6) is 0.168. The van der Waals surface area contributed by atoms with E-state index in [9.17, 15) is 4.79 Å². The summed E-state index contributed by atoms with van der Waals surface area (Å²) in [4.78, 5) is 15.4. The minimum absolute atomic E-state index is 0.168. The van der Waals surface area contributed by atoms with E-state index in [0.717, 1.165) is 19.6 Å². The fourth-order valence-corrected chi connectivity index (χ4v) is 2.21. The number of carbonyl (C=O) groups is 1. The van der Waals surface area contributed by atoms with Gasteiger partial charge in [0, 0.05) is 27.1 Å². The van der Waals surface area contributed by atoms with Gasteiger partial charge in [0.1, 0.15) is 0 Å². The Morgan fingerprint density at radius 2 is 2.21 bits per heavy atom.